The van der Waals surface area contributed by atoms with E-state index in [9.17, 15) is 13.6 Å². The Labute approximate surface area is 190 Å². The number of amides is 1. The smallest absolute Gasteiger partial charge is 0.311 e. The number of nitrogen functional groups attached to an aromatic ring is 1. The Bertz CT molecular complexity index is 1430. The van der Waals surface area contributed by atoms with Crippen LogP contribution in [0, 0.1) is 11.6 Å². The summed E-state index contributed by atoms with van der Waals surface area (Å²) >= 11 is 0. The second-order valence-corrected chi connectivity index (χ2v) is 8.72. The van der Waals surface area contributed by atoms with Crippen molar-refractivity contribution in [2.75, 3.05) is 25.5 Å². The number of halogens is 2. The van der Waals surface area contributed by atoms with Crippen LogP contribution in [0.4, 0.5) is 14.7 Å². The summed E-state index contributed by atoms with van der Waals surface area (Å²) in [5.41, 5.74) is 6.10. The average molecular weight is 470 g/mol. The lowest BCUT2D eigenvalue weighted by Gasteiger charge is -2.36. The number of hydrogen-bond acceptors (Lipinski definition) is 9. The first-order valence-corrected chi connectivity index (χ1v) is 10.9. The highest BCUT2D eigenvalue weighted by atomic mass is 19.1. The van der Waals surface area contributed by atoms with Gasteiger partial charge in [-0.25, -0.2) is 18.7 Å². The van der Waals surface area contributed by atoms with E-state index in [1.165, 1.54) is 4.52 Å². The number of fused-ring (bicyclic) bond motifs is 3. The van der Waals surface area contributed by atoms with Gasteiger partial charge in [-0.3, -0.25) is 4.79 Å². The first kappa shape index (κ1) is 20.8. The zero-order valence-corrected chi connectivity index (χ0v) is 18.1. The summed E-state index contributed by atoms with van der Waals surface area (Å²) in [5, 5.41) is 12.5. The molecule has 4 aromatic rings. The van der Waals surface area contributed by atoms with Crippen molar-refractivity contribution < 1.29 is 22.7 Å². The van der Waals surface area contributed by atoms with E-state index in [0.29, 0.717) is 44.3 Å². The van der Waals surface area contributed by atoms with Crippen LogP contribution in [0.25, 0.3) is 16.6 Å². The number of rotatable bonds is 3. The van der Waals surface area contributed by atoms with Gasteiger partial charge in [-0.1, -0.05) is 0 Å². The lowest BCUT2D eigenvalue weighted by atomic mass is 9.93. The number of carbonyl (C=O) groups excluding carboxylic acids is 1. The molecule has 13 heteroatoms. The first-order valence-electron chi connectivity index (χ1n) is 10.9. The Morgan fingerprint density at radius 1 is 1.15 bits per heavy atom. The lowest BCUT2D eigenvalue weighted by molar-refractivity contribution is -0.00303. The molecule has 2 atom stereocenters. The van der Waals surface area contributed by atoms with Gasteiger partial charge >= 0.3 is 11.8 Å². The van der Waals surface area contributed by atoms with Crippen LogP contribution in [0.15, 0.2) is 16.5 Å². The summed E-state index contributed by atoms with van der Waals surface area (Å²) in [6, 6.07) is 1.84. The highest BCUT2D eigenvalue weighted by molar-refractivity contribution is 5.92. The molecule has 176 valence electrons. The first-order chi connectivity index (χ1) is 16.4. The van der Waals surface area contributed by atoms with E-state index in [1.807, 2.05) is 6.92 Å². The fourth-order valence-corrected chi connectivity index (χ4v) is 4.43. The number of ether oxygens (including phenoxy) is 1. The van der Waals surface area contributed by atoms with Gasteiger partial charge in [0.05, 0.1) is 24.5 Å². The quantitative estimate of drug-likeness (QED) is 0.477. The number of nitrogens with zero attached hydrogens (tertiary/aromatic N) is 7. The number of nitrogens with two attached hydrogens (primary N) is 1. The molecule has 1 amide bonds. The van der Waals surface area contributed by atoms with Gasteiger partial charge in [-0.05, 0) is 25.8 Å². The van der Waals surface area contributed by atoms with E-state index in [4.69, 9.17) is 14.9 Å². The zero-order chi connectivity index (χ0) is 23.6. The summed E-state index contributed by atoms with van der Waals surface area (Å²) in [4.78, 5) is 23.4. The topological polar surface area (TPSA) is 138 Å². The molecule has 5 heterocycles. The summed E-state index contributed by atoms with van der Waals surface area (Å²) in [7, 11) is 0. The normalized spacial score (nSPS) is 21.3. The van der Waals surface area contributed by atoms with Gasteiger partial charge in [0, 0.05) is 24.6 Å². The third kappa shape index (κ3) is 3.26. The minimum absolute atomic E-state index is 0.0197. The second kappa shape index (κ2) is 7.65. The van der Waals surface area contributed by atoms with E-state index in [1.54, 1.807) is 4.90 Å². The number of anilines is 1. The van der Waals surface area contributed by atoms with Crippen molar-refractivity contribution in [3.05, 3.63) is 41.4 Å². The van der Waals surface area contributed by atoms with Crippen molar-refractivity contribution in [1.82, 2.24) is 34.7 Å². The molecule has 11 nitrogen and oxygen atoms in total. The van der Waals surface area contributed by atoms with Gasteiger partial charge < -0.3 is 19.8 Å². The minimum Gasteiger partial charge on any atom is -0.416 e. The third-order valence-corrected chi connectivity index (χ3v) is 6.45. The van der Waals surface area contributed by atoms with Crippen LogP contribution >= 0.6 is 0 Å². The van der Waals surface area contributed by atoms with Crippen LogP contribution in [0.5, 0.6) is 0 Å². The Hall–Kier alpha value is -3.74. The summed E-state index contributed by atoms with van der Waals surface area (Å²) < 4.78 is 40.1. The number of hydrogen-bond donors (Lipinski definition) is 1. The molecule has 0 radical (unpaired) electrons. The van der Waals surface area contributed by atoms with Crippen LogP contribution in [-0.4, -0.2) is 66.4 Å². The molecular formula is C21H20F2N8O3. The maximum absolute atomic E-state index is 14.3. The predicted octanol–water partition coefficient (Wildman–Crippen LogP) is 2.04. The van der Waals surface area contributed by atoms with Gasteiger partial charge in [0.1, 0.15) is 11.3 Å². The molecule has 34 heavy (non-hydrogen) atoms. The van der Waals surface area contributed by atoms with Gasteiger partial charge in [-0.15, -0.1) is 15.3 Å². The molecule has 2 aliphatic rings. The van der Waals surface area contributed by atoms with Crippen molar-refractivity contribution in [3.8, 4) is 0 Å². The lowest BCUT2D eigenvalue weighted by Crippen LogP contribution is -2.45. The third-order valence-electron chi connectivity index (χ3n) is 6.45. The molecule has 3 aromatic heterocycles. The fourth-order valence-electron chi connectivity index (χ4n) is 4.43. The Kier molecular flexibility index (Phi) is 4.69. The zero-order valence-electron chi connectivity index (χ0n) is 18.1. The van der Waals surface area contributed by atoms with Gasteiger partial charge in [0.2, 0.25) is 11.8 Å². The van der Waals surface area contributed by atoms with E-state index in [-0.39, 0.29) is 52.2 Å². The van der Waals surface area contributed by atoms with Crippen molar-refractivity contribution in [3.63, 3.8) is 0 Å². The van der Waals surface area contributed by atoms with Crippen LogP contribution in [-0.2, 0) is 4.74 Å². The highest BCUT2D eigenvalue weighted by Gasteiger charge is 2.36. The molecule has 2 aliphatic heterocycles. The van der Waals surface area contributed by atoms with Crippen molar-refractivity contribution in [1.29, 1.82) is 0 Å². The van der Waals surface area contributed by atoms with Crippen LogP contribution in [0.3, 0.4) is 0 Å². The molecule has 2 saturated heterocycles. The van der Waals surface area contributed by atoms with E-state index >= 15 is 0 Å². The predicted molar refractivity (Wildman–Crippen MR) is 113 cm³/mol. The number of likely N-dealkylation sites (tertiary alicyclic amines) is 1. The van der Waals surface area contributed by atoms with Gasteiger partial charge in [0.15, 0.2) is 17.3 Å². The standard InChI is InChI=1S/C21H20F2N8O3/c1-9-2-3-10(6-30(9)20(32)19-28-27-18(34-19)11-7-33-8-11)16-26-17-13-4-12(22)5-14(23)15(13)25-21(24)31(17)29-16/h4-5,9-11H,2-3,6-8H2,1H3,(H2,24,25)/t9-,10+/m0/s1. The number of aromatic nitrogens is 6. The molecule has 6 rings (SSSR count). The largest absolute Gasteiger partial charge is 0.416 e. The van der Waals surface area contributed by atoms with E-state index < -0.39 is 11.6 Å². The van der Waals surface area contributed by atoms with Crippen molar-refractivity contribution >= 4 is 28.4 Å². The second-order valence-electron chi connectivity index (χ2n) is 8.72. The SMILES string of the molecule is C[C@H]1CC[C@@H](c2nc3c4cc(F)cc(F)c4nc(N)n3n2)CN1C(=O)c1nnc(C2COC2)o1. The van der Waals surface area contributed by atoms with Crippen LogP contribution < -0.4 is 5.73 Å². The van der Waals surface area contributed by atoms with E-state index in [0.717, 1.165) is 12.1 Å². The molecule has 0 aliphatic carbocycles. The molecule has 1 aromatic carbocycles. The average Bonchev–Trinajstić information content (AvgIpc) is 3.42. The Balaban J connectivity index is 1.32. The molecule has 2 fully saturated rings. The monoisotopic (exact) mass is 470 g/mol. The highest BCUT2D eigenvalue weighted by Crippen LogP contribution is 2.32. The summed E-state index contributed by atoms with van der Waals surface area (Å²) in [6.45, 7) is 3.26. The van der Waals surface area contributed by atoms with Crippen molar-refractivity contribution in [2.45, 2.75) is 37.6 Å². The maximum atomic E-state index is 14.3. The summed E-state index contributed by atoms with van der Waals surface area (Å²) in [5.74, 6) is -1.48. The number of carbonyl (C=O) groups is 1. The number of piperidine rings is 1. The van der Waals surface area contributed by atoms with Gasteiger partial charge in [-0.2, -0.15) is 4.52 Å². The molecular weight excluding hydrogens is 450 g/mol. The fraction of sp³-hybridized carbons (Fsp3) is 0.429. The Morgan fingerprint density at radius 2 is 1.97 bits per heavy atom. The van der Waals surface area contributed by atoms with Crippen LogP contribution in [0.1, 0.15) is 54.0 Å². The minimum atomic E-state index is -0.829. The Morgan fingerprint density at radius 3 is 2.74 bits per heavy atom. The van der Waals surface area contributed by atoms with Gasteiger partial charge in [0.25, 0.3) is 0 Å². The number of benzene rings is 1. The maximum Gasteiger partial charge on any atom is 0.311 e. The molecule has 0 unspecified atom stereocenters. The van der Waals surface area contributed by atoms with Crippen molar-refractivity contribution in [2.24, 2.45) is 0 Å². The molecule has 0 spiro atoms. The van der Waals surface area contributed by atoms with E-state index in [2.05, 4.69) is 25.3 Å². The van der Waals surface area contributed by atoms with Crippen LogP contribution in [0.2, 0.25) is 0 Å². The molecule has 2 N–H and O–H groups in total. The summed E-state index contributed by atoms with van der Waals surface area (Å²) in [6.07, 6.45) is 1.41. The molecule has 0 saturated carbocycles. The molecule has 0 bridgehead atoms.